The molecule has 0 radical (unpaired) electrons. The van der Waals surface area contributed by atoms with Crippen molar-refractivity contribution in [1.82, 2.24) is 10.1 Å². The largest absolute Gasteiger partial charge is 0.508 e. The maximum absolute atomic E-state index is 9.79. The Bertz CT molecular complexity index is 783. The average molecular weight is 284 g/mol. The highest BCUT2D eigenvalue weighted by atomic mass is 16.5. The van der Waals surface area contributed by atoms with Crippen molar-refractivity contribution in [2.24, 2.45) is 0 Å². The highest BCUT2D eigenvalue weighted by Gasteiger charge is 2.15. The first-order valence-corrected chi connectivity index (χ1v) is 6.18. The molecule has 0 saturated carbocycles. The molecular formula is C15H12N2O4. The Hall–Kier alpha value is -3.02. The van der Waals surface area contributed by atoms with Crippen LogP contribution in [0.2, 0.25) is 0 Å². The molecule has 0 spiro atoms. The Balaban J connectivity index is 2.01. The molecule has 3 rings (SSSR count). The topological polar surface area (TPSA) is 88.6 Å². The van der Waals surface area contributed by atoms with Crippen LogP contribution in [0.4, 0.5) is 0 Å². The van der Waals surface area contributed by atoms with Gasteiger partial charge in [0.15, 0.2) is 0 Å². The fourth-order valence-electron chi connectivity index (χ4n) is 1.91. The summed E-state index contributed by atoms with van der Waals surface area (Å²) < 4.78 is 10.3. The summed E-state index contributed by atoms with van der Waals surface area (Å²) in [4.78, 5) is 4.22. The standard InChI is InChI=1S/C15H12N2O4/c1-20-11-4-2-3-9(7-11)14-16-15(21-17-14)12-8-10(18)5-6-13(12)19/h2-8,18-19H,1H3. The minimum atomic E-state index is -0.0476. The van der Waals surface area contributed by atoms with Crippen LogP contribution < -0.4 is 4.74 Å². The molecule has 1 heterocycles. The summed E-state index contributed by atoms with van der Waals surface area (Å²) in [7, 11) is 1.57. The molecule has 0 amide bonds. The van der Waals surface area contributed by atoms with Crippen LogP contribution in [-0.4, -0.2) is 27.5 Å². The smallest absolute Gasteiger partial charge is 0.262 e. The number of methoxy groups -OCH3 is 1. The van der Waals surface area contributed by atoms with Crippen LogP contribution in [0, 0.1) is 0 Å². The van der Waals surface area contributed by atoms with E-state index < -0.39 is 0 Å². The Morgan fingerprint density at radius 1 is 1.10 bits per heavy atom. The summed E-state index contributed by atoms with van der Waals surface area (Å²) in [6.45, 7) is 0. The van der Waals surface area contributed by atoms with E-state index in [9.17, 15) is 10.2 Å². The zero-order valence-electron chi connectivity index (χ0n) is 11.1. The van der Waals surface area contributed by atoms with Crippen molar-refractivity contribution < 1.29 is 19.5 Å². The second-order valence-electron chi connectivity index (χ2n) is 4.36. The molecule has 2 aromatic carbocycles. The van der Waals surface area contributed by atoms with Crippen molar-refractivity contribution in [1.29, 1.82) is 0 Å². The lowest BCUT2D eigenvalue weighted by Gasteiger charge is -2.00. The number of ether oxygens (including phenoxy) is 1. The van der Waals surface area contributed by atoms with Gasteiger partial charge in [-0.15, -0.1) is 0 Å². The van der Waals surface area contributed by atoms with Crippen LogP contribution in [0.15, 0.2) is 47.0 Å². The number of aromatic nitrogens is 2. The van der Waals surface area contributed by atoms with Crippen molar-refractivity contribution in [2.45, 2.75) is 0 Å². The summed E-state index contributed by atoms with van der Waals surface area (Å²) in [6, 6.07) is 11.3. The predicted octanol–water partition coefficient (Wildman–Crippen LogP) is 2.82. The fourth-order valence-corrected chi connectivity index (χ4v) is 1.91. The van der Waals surface area contributed by atoms with Gasteiger partial charge in [-0.25, -0.2) is 0 Å². The zero-order chi connectivity index (χ0) is 14.8. The molecule has 0 aliphatic rings. The van der Waals surface area contributed by atoms with Gasteiger partial charge in [-0.05, 0) is 30.3 Å². The molecule has 106 valence electrons. The highest BCUT2D eigenvalue weighted by molar-refractivity contribution is 5.66. The van der Waals surface area contributed by atoms with E-state index in [0.29, 0.717) is 11.6 Å². The van der Waals surface area contributed by atoms with Gasteiger partial charge in [0.25, 0.3) is 5.89 Å². The fraction of sp³-hybridized carbons (Fsp3) is 0.0667. The van der Waals surface area contributed by atoms with Gasteiger partial charge in [-0.3, -0.25) is 0 Å². The minimum Gasteiger partial charge on any atom is -0.508 e. The first-order valence-electron chi connectivity index (χ1n) is 6.18. The van der Waals surface area contributed by atoms with Crippen LogP contribution in [0.25, 0.3) is 22.8 Å². The van der Waals surface area contributed by atoms with Gasteiger partial charge < -0.3 is 19.5 Å². The molecule has 6 heteroatoms. The van der Waals surface area contributed by atoms with Gasteiger partial charge in [0.05, 0.1) is 12.7 Å². The molecule has 0 bridgehead atoms. The molecule has 0 fully saturated rings. The summed E-state index contributed by atoms with van der Waals surface area (Å²) in [6.07, 6.45) is 0. The molecule has 2 N–H and O–H groups in total. The third kappa shape index (κ3) is 2.51. The van der Waals surface area contributed by atoms with E-state index in [1.807, 2.05) is 18.2 Å². The van der Waals surface area contributed by atoms with E-state index >= 15 is 0 Å². The van der Waals surface area contributed by atoms with Crippen molar-refractivity contribution >= 4 is 0 Å². The van der Waals surface area contributed by atoms with E-state index in [4.69, 9.17) is 9.26 Å². The van der Waals surface area contributed by atoms with Crippen LogP contribution in [0.1, 0.15) is 0 Å². The zero-order valence-corrected chi connectivity index (χ0v) is 11.1. The van der Waals surface area contributed by atoms with Crippen molar-refractivity contribution in [2.75, 3.05) is 7.11 Å². The third-order valence-electron chi connectivity index (χ3n) is 2.96. The van der Waals surface area contributed by atoms with Crippen molar-refractivity contribution in [3.05, 3.63) is 42.5 Å². The number of phenolic OH excluding ortho intramolecular Hbond substituents is 2. The lowest BCUT2D eigenvalue weighted by Crippen LogP contribution is -1.85. The predicted molar refractivity (Wildman–Crippen MR) is 75.1 cm³/mol. The van der Waals surface area contributed by atoms with Crippen molar-refractivity contribution in [3.63, 3.8) is 0 Å². The monoisotopic (exact) mass is 284 g/mol. The van der Waals surface area contributed by atoms with Gasteiger partial charge in [0, 0.05) is 5.56 Å². The van der Waals surface area contributed by atoms with Gasteiger partial charge in [-0.1, -0.05) is 17.3 Å². The molecule has 0 aliphatic heterocycles. The Morgan fingerprint density at radius 2 is 1.95 bits per heavy atom. The minimum absolute atomic E-state index is 0.00364. The van der Waals surface area contributed by atoms with Gasteiger partial charge in [-0.2, -0.15) is 4.98 Å². The van der Waals surface area contributed by atoms with Gasteiger partial charge >= 0.3 is 0 Å². The summed E-state index contributed by atoms with van der Waals surface area (Å²) in [5, 5.41) is 23.1. The van der Waals surface area contributed by atoms with Crippen LogP contribution >= 0.6 is 0 Å². The molecule has 0 atom stereocenters. The van der Waals surface area contributed by atoms with Gasteiger partial charge in [0.1, 0.15) is 17.2 Å². The SMILES string of the molecule is COc1cccc(-c2noc(-c3cc(O)ccc3O)n2)c1. The number of nitrogens with zero attached hydrogens (tertiary/aromatic N) is 2. The van der Waals surface area contributed by atoms with Crippen LogP contribution in [-0.2, 0) is 0 Å². The summed E-state index contributed by atoms with van der Waals surface area (Å²) in [5.74, 6) is 1.13. The van der Waals surface area contributed by atoms with Crippen molar-refractivity contribution in [3.8, 4) is 40.1 Å². The first kappa shape index (κ1) is 13.0. The molecule has 21 heavy (non-hydrogen) atoms. The Kier molecular flexibility index (Phi) is 3.19. The third-order valence-corrected chi connectivity index (χ3v) is 2.96. The van der Waals surface area contributed by atoms with Gasteiger partial charge in [0.2, 0.25) is 5.82 Å². The highest BCUT2D eigenvalue weighted by Crippen LogP contribution is 2.32. The number of phenols is 2. The Labute approximate surface area is 120 Å². The number of hydrogen-bond acceptors (Lipinski definition) is 6. The van der Waals surface area contributed by atoms with E-state index in [0.717, 1.165) is 5.56 Å². The van der Waals surface area contributed by atoms with E-state index in [1.54, 1.807) is 13.2 Å². The number of benzene rings is 2. The maximum Gasteiger partial charge on any atom is 0.262 e. The molecular weight excluding hydrogens is 272 g/mol. The normalized spacial score (nSPS) is 10.5. The molecule has 1 aromatic heterocycles. The number of aromatic hydroxyl groups is 2. The molecule has 0 unspecified atom stereocenters. The molecule has 6 nitrogen and oxygen atoms in total. The molecule has 3 aromatic rings. The number of hydrogen-bond donors (Lipinski definition) is 2. The summed E-state index contributed by atoms with van der Waals surface area (Å²) in [5.41, 5.74) is 1.00. The molecule has 0 aliphatic carbocycles. The lowest BCUT2D eigenvalue weighted by molar-refractivity contribution is 0.414. The second kappa shape index (κ2) is 5.16. The van der Waals surface area contributed by atoms with E-state index in [1.165, 1.54) is 18.2 Å². The van der Waals surface area contributed by atoms with Crippen LogP contribution in [0.3, 0.4) is 0 Å². The quantitative estimate of drug-likeness (QED) is 0.719. The molecule has 0 saturated heterocycles. The lowest BCUT2D eigenvalue weighted by atomic mass is 10.2. The second-order valence-corrected chi connectivity index (χ2v) is 4.36. The van der Waals surface area contributed by atoms with E-state index in [2.05, 4.69) is 10.1 Å². The number of rotatable bonds is 3. The average Bonchev–Trinajstić information content (AvgIpc) is 2.99. The summed E-state index contributed by atoms with van der Waals surface area (Å²) >= 11 is 0. The maximum atomic E-state index is 9.79. The Morgan fingerprint density at radius 3 is 2.76 bits per heavy atom. The van der Waals surface area contributed by atoms with E-state index in [-0.39, 0.29) is 23.0 Å². The van der Waals surface area contributed by atoms with Crippen LogP contribution in [0.5, 0.6) is 17.2 Å². The first-order chi connectivity index (χ1) is 10.2.